The number of carboxylic acids is 1. The lowest BCUT2D eigenvalue weighted by atomic mass is 9.84. The van der Waals surface area contributed by atoms with Crippen LogP contribution in [0.15, 0.2) is 6.07 Å². The Morgan fingerprint density at radius 2 is 2.04 bits per heavy atom. The molecule has 1 aromatic rings. The molecule has 1 aromatic heterocycles. The predicted octanol–water partition coefficient (Wildman–Crippen LogP) is 3.35. The van der Waals surface area contributed by atoms with Gasteiger partial charge in [0.2, 0.25) is 0 Å². The van der Waals surface area contributed by atoms with Gasteiger partial charge in [0.25, 0.3) is 5.91 Å². The molecular formula is C19H27NO4S. The Balaban J connectivity index is 1.59. The lowest BCUT2D eigenvalue weighted by Crippen LogP contribution is -2.43. The van der Waals surface area contributed by atoms with Crippen LogP contribution in [0.4, 0.5) is 0 Å². The van der Waals surface area contributed by atoms with Crippen molar-refractivity contribution in [3.8, 4) is 0 Å². The van der Waals surface area contributed by atoms with E-state index in [0.717, 1.165) is 30.6 Å². The number of hydrogen-bond acceptors (Lipinski definition) is 4. The zero-order valence-corrected chi connectivity index (χ0v) is 15.8. The van der Waals surface area contributed by atoms with E-state index in [1.165, 1.54) is 10.4 Å². The highest BCUT2D eigenvalue weighted by molar-refractivity contribution is 7.14. The molecule has 2 aliphatic rings. The number of nitrogens with zero attached hydrogens (tertiary/aromatic N) is 1. The van der Waals surface area contributed by atoms with Gasteiger partial charge in [-0.25, -0.2) is 0 Å². The SMILES string of the molecule is CCCc1cc(C(=O)N2CCC([C@@H]3OCCC3C(=O)O)CC2)sc1C. The molecule has 0 aliphatic carbocycles. The zero-order chi connectivity index (χ0) is 18.0. The minimum atomic E-state index is -0.751. The summed E-state index contributed by atoms with van der Waals surface area (Å²) in [7, 11) is 0. The fourth-order valence-corrected chi connectivity index (χ4v) is 5.11. The van der Waals surface area contributed by atoms with Crippen LogP contribution in [0.5, 0.6) is 0 Å². The van der Waals surface area contributed by atoms with Crippen molar-refractivity contribution in [2.24, 2.45) is 11.8 Å². The van der Waals surface area contributed by atoms with Crippen molar-refractivity contribution in [3.05, 3.63) is 21.4 Å². The van der Waals surface area contributed by atoms with E-state index in [2.05, 4.69) is 19.9 Å². The third-order valence-electron chi connectivity index (χ3n) is 5.50. The molecule has 2 fully saturated rings. The Hall–Kier alpha value is -1.40. The van der Waals surface area contributed by atoms with Gasteiger partial charge in [-0.15, -0.1) is 11.3 Å². The average Bonchev–Trinajstić information content (AvgIpc) is 3.22. The van der Waals surface area contributed by atoms with Crippen molar-refractivity contribution < 1.29 is 19.4 Å². The second-order valence-corrected chi connectivity index (χ2v) is 8.40. The molecular weight excluding hydrogens is 338 g/mol. The maximum Gasteiger partial charge on any atom is 0.309 e. The van der Waals surface area contributed by atoms with Gasteiger partial charge in [-0.3, -0.25) is 9.59 Å². The van der Waals surface area contributed by atoms with Crippen LogP contribution in [0.25, 0.3) is 0 Å². The fourth-order valence-electron chi connectivity index (χ4n) is 4.07. The number of rotatable bonds is 5. The molecule has 0 radical (unpaired) electrons. The Morgan fingerprint density at radius 3 is 2.68 bits per heavy atom. The maximum absolute atomic E-state index is 12.8. The first kappa shape index (κ1) is 18.4. The number of carbonyl (C=O) groups excluding carboxylic acids is 1. The van der Waals surface area contributed by atoms with E-state index in [9.17, 15) is 14.7 Å². The summed E-state index contributed by atoms with van der Waals surface area (Å²) in [5.74, 6) is -0.772. The number of amides is 1. The molecule has 0 spiro atoms. The summed E-state index contributed by atoms with van der Waals surface area (Å²) in [5, 5.41) is 9.33. The maximum atomic E-state index is 12.8. The Labute approximate surface area is 153 Å². The minimum absolute atomic E-state index is 0.121. The topological polar surface area (TPSA) is 66.8 Å². The number of hydrogen-bond donors (Lipinski definition) is 1. The summed E-state index contributed by atoms with van der Waals surface area (Å²) < 4.78 is 5.71. The molecule has 2 atom stereocenters. The van der Waals surface area contributed by atoms with E-state index in [0.29, 0.717) is 26.1 Å². The number of aliphatic carboxylic acids is 1. The number of aryl methyl sites for hydroxylation is 2. The van der Waals surface area contributed by atoms with E-state index in [1.54, 1.807) is 11.3 Å². The van der Waals surface area contributed by atoms with Crippen LogP contribution in [0.1, 0.15) is 52.7 Å². The molecule has 2 aliphatic heterocycles. The quantitative estimate of drug-likeness (QED) is 0.869. The van der Waals surface area contributed by atoms with E-state index in [-0.39, 0.29) is 23.8 Å². The molecule has 3 heterocycles. The lowest BCUT2D eigenvalue weighted by molar-refractivity contribution is -0.145. The van der Waals surface area contributed by atoms with Crippen LogP contribution >= 0.6 is 11.3 Å². The smallest absolute Gasteiger partial charge is 0.309 e. The van der Waals surface area contributed by atoms with E-state index < -0.39 is 5.97 Å². The highest BCUT2D eigenvalue weighted by Gasteiger charge is 2.40. The van der Waals surface area contributed by atoms with Gasteiger partial charge >= 0.3 is 5.97 Å². The molecule has 25 heavy (non-hydrogen) atoms. The summed E-state index contributed by atoms with van der Waals surface area (Å²) in [6, 6.07) is 2.05. The van der Waals surface area contributed by atoms with Crippen LogP contribution in [-0.2, 0) is 16.0 Å². The normalized spacial score (nSPS) is 24.6. The Bertz CT molecular complexity index is 633. The third-order valence-corrected chi connectivity index (χ3v) is 6.58. The number of ether oxygens (including phenoxy) is 1. The number of carboxylic acid groups (broad SMARTS) is 1. The lowest BCUT2D eigenvalue weighted by Gasteiger charge is -2.35. The van der Waals surface area contributed by atoms with Crippen LogP contribution in [0.2, 0.25) is 0 Å². The standard InChI is InChI=1S/C19H27NO4S/c1-3-4-14-11-16(25-12(14)2)18(21)20-8-5-13(6-9-20)17-15(19(22)23)7-10-24-17/h11,13,15,17H,3-10H2,1-2H3,(H,22,23)/t15?,17-/m0/s1. The number of thiophene rings is 1. The molecule has 1 unspecified atom stereocenters. The van der Waals surface area contributed by atoms with E-state index in [4.69, 9.17) is 4.74 Å². The second kappa shape index (κ2) is 7.87. The molecule has 3 rings (SSSR count). The first-order chi connectivity index (χ1) is 12.0. The van der Waals surface area contributed by atoms with Gasteiger partial charge < -0.3 is 14.7 Å². The van der Waals surface area contributed by atoms with Crippen molar-refractivity contribution in [3.63, 3.8) is 0 Å². The molecule has 138 valence electrons. The van der Waals surface area contributed by atoms with Crippen molar-refractivity contribution in [1.29, 1.82) is 0 Å². The van der Waals surface area contributed by atoms with E-state index >= 15 is 0 Å². The van der Waals surface area contributed by atoms with Crippen molar-refractivity contribution >= 4 is 23.2 Å². The minimum Gasteiger partial charge on any atom is -0.481 e. The monoisotopic (exact) mass is 365 g/mol. The van der Waals surface area contributed by atoms with Gasteiger partial charge in [-0.2, -0.15) is 0 Å². The van der Waals surface area contributed by atoms with Gasteiger partial charge in [0.15, 0.2) is 0 Å². The molecule has 2 saturated heterocycles. The van der Waals surface area contributed by atoms with Crippen molar-refractivity contribution in [2.45, 2.75) is 52.1 Å². The molecule has 1 amide bonds. The summed E-state index contributed by atoms with van der Waals surface area (Å²) >= 11 is 1.59. The number of carbonyl (C=O) groups is 2. The van der Waals surface area contributed by atoms with Gasteiger partial charge in [0.05, 0.1) is 16.9 Å². The summed E-state index contributed by atoms with van der Waals surface area (Å²) in [6.07, 6.45) is 4.18. The summed E-state index contributed by atoms with van der Waals surface area (Å²) in [5.41, 5.74) is 1.29. The first-order valence-corrected chi connectivity index (χ1v) is 10.1. The number of likely N-dealkylation sites (tertiary alicyclic amines) is 1. The average molecular weight is 365 g/mol. The first-order valence-electron chi connectivity index (χ1n) is 9.24. The van der Waals surface area contributed by atoms with Crippen LogP contribution in [0, 0.1) is 18.8 Å². The van der Waals surface area contributed by atoms with Gasteiger partial charge in [-0.05, 0) is 50.2 Å². The highest BCUT2D eigenvalue weighted by atomic mass is 32.1. The second-order valence-electron chi connectivity index (χ2n) is 7.14. The van der Waals surface area contributed by atoms with Crippen LogP contribution < -0.4 is 0 Å². The molecule has 1 N–H and O–H groups in total. The zero-order valence-electron chi connectivity index (χ0n) is 15.0. The summed E-state index contributed by atoms with van der Waals surface area (Å²) in [4.78, 5) is 28.1. The van der Waals surface area contributed by atoms with Gasteiger partial charge in [-0.1, -0.05) is 13.3 Å². The molecule has 0 aromatic carbocycles. The van der Waals surface area contributed by atoms with Crippen molar-refractivity contribution in [1.82, 2.24) is 4.90 Å². The van der Waals surface area contributed by atoms with E-state index in [1.807, 2.05) is 4.90 Å². The Kier molecular flexibility index (Phi) is 5.79. The summed E-state index contributed by atoms with van der Waals surface area (Å²) in [6.45, 7) is 6.15. The molecule has 5 nitrogen and oxygen atoms in total. The fraction of sp³-hybridized carbons (Fsp3) is 0.684. The van der Waals surface area contributed by atoms with Crippen LogP contribution in [0.3, 0.4) is 0 Å². The van der Waals surface area contributed by atoms with Crippen LogP contribution in [-0.4, -0.2) is 47.7 Å². The molecule has 6 heteroatoms. The molecule has 0 saturated carbocycles. The van der Waals surface area contributed by atoms with Crippen molar-refractivity contribution in [2.75, 3.05) is 19.7 Å². The van der Waals surface area contributed by atoms with Gasteiger partial charge in [0, 0.05) is 24.6 Å². The molecule has 0 bridgehead atoms. The number of piperidine rings is 1. The Morgan fingerprint density at radius 1 is 1.32 bits per heavy atom. The largest absolute Gasteiger partial charge is 0.481 e. The predicted molar refractivity (Wildman–Crippen MR) is 97.2 cm³/mol. The highest BCUT2D eigenvalue weighted by Crippen LogP contribution is 2.34. The van der Waals surface area contributed by atoms with Gasteiger partial charge in [0.1, 0.15) is 0 Å². The third kappa shape index (κ3) is 3.90.